The Bertz CT molecular complexity index is 609. The largest absolute Gasteiger partial charge is 0.453 e. The van der Waals surface area contributed by atoms with Gasteiger partial charge >= 0.3 is 5.97 Å². The van der Waals surface area contributed by atoms with E-state index in [1.807, 2.05) is 6.07 Å². The third kappa shape index (κ3) is 3.20. The molecule has 0 aliphatic carbocycles. The molecule has 0 bridgehead atoms. The predicted octanol–water partition coefficient (Wildman–Crippen LogP) is 2.10. The van der Waals surface area contributed by atoms with Gasteiger partial charge in [-0.05, 0) is 43.3 Å². The van der Waals surface area contributed by atoms with Crippen LogP contribution in [0, 0.1) is 0 Å². The van der Waals surface area contributed by atoms with Crippen molar-refractivity contribution in [3.63, 3.8) is 0 Å². The van der Waals surface area contributed by atoms with Crippen LogP contribution in [-0.2, 0) is 4.74 Å². The molecule has 2 N–H and O–H groups in total. The van der Waals surface area contributed by atoms with Crippen LogP contribution in [0.4, 0.5) is 0 Å². The van der Waals surface area contributed by atoms with Gasteiger partial charge in [0, 0.05) is 11.8 Å². The fraction of sp³-hybridized carbons (Fsp3) is 0.133. The highest BCUT2D eigenvalue weighted by atomic mass is 16.5. The molecule has 0 fully saturated rings. The number of carbonyl (C=O) groups is 2. The fourth-order valence-electron chi connectivity index (χ4n) is 1.68. The highest BCUT2D eigenvalue weighted by Crippen LogP contribution is 2.16. The second-order valence-corrected chi connectivity index (χ2v) is 4.24. The normalized spacial score (nSPS) is 11.7. The van der Waals surface area contributed by atoms with Crippen molar-refractivity contribution in [1.82, 2.24) is 4.98 Å². The molecular weight excluding hydrogens is 256 g/mol. The molecule has 5 heteroatoms. The molecule has 0 aliphatic rings. The first-order chi connectivity index (χ1) is 9.58. The summed E-state index contributed by atoms with van der Waals surface area (Å²) in [5.41, 5.74) is 6.51. The minimum absolute atomic E-state index is 0.347. The lowest BCUT2D eigenvalue weighted by Gasteiger charge is -2.12. The summed E-state index contributed by atoms with van der Waals surface area (Å²) in [5.74, 6) is -1.01. The predicted molar refractivity (Wildman–Crippen MR) is 73.0 cm³/mol. The molecule has 1 aromatic carbocycles. The topological polar surface area (TPSA) is 82.3 Å². The molecule has 102 valence electrons. The van der Waals surface area contributed by atoms with Gasteiger partial charge in [-0.3, -0.25) is 9.78 Å². The molecule has 0 aliphatic heterocycles. The van der Waals surface area contributed by atoms with Crippen LogP contribution < -0.4 is 5.73 Å². The van der Waals surface area contributed by atoms with Gasteiger partial charge in [0.2, 0.25) is 5.91 Å². The van der Waals surface area contributed by atoms with E-state index in [-0.39, 0.29) is 0 Å². The van der Waals surface area contributed by atoms with Crippen molar-refractivity contribution >= 4 is 11.9 Å². The van der Waals surface area contributed by atoms with Crippen molar-refractivity contribution in [2.24, 2.45) is 5.73 Å². The maximum atomic E-state index is 11.9. The van der Waals surface area contributed by atoms with Crippen LogP contribution in [0.25, 0.3) is 0 Å². The van der Waals surface area contributed by atoms with Gasteiger partial charge in [0.25, 0.3) is 0 Å². The molecule has 2 aromatic rings. The number of pyridine rings is 1. The SMILES string of the molecule is C[C@@H](OC(=O)c1ccc(C(N)=O)cc1)c1ccccn1. The summed E-state index contributed by atoms with van der Waals surface area (Å²) in [6, 6.07) is 11.4. The quantitative estimate of drug-likeness (QED) is 0.862. The van der Waals surface area contributed by atoms with E-state index in [0.717, 1.165) is 0 Å². The average Bonchev–Trinajstić information content (AvgIpc) is 2.48. The van der Waals surface area contributed by atoms with Crippen LogP contribution in [0.15, 0.2) is 48.7 Å². The molecule has 1 heterocycles. The Labute approximate surface area is 116 Å². The summed E-state index contributed by atoms with van der Waals surface area (Å²) in [5, 5.41) is 0. The van der Waals surface area contributed by atoms with Crippen LogP contribution in [0.1, 0.15) is 39.4 Å². The Kier molecular flexibility index (Phi) is 4.10. The Morgan fingerprint density at radius 3 is 2.30 bits per heavy atom. The highest BCUT2D eigenvalue weighted by Gasteiger charge is 2.14. The van der Waals surface area contributed by atoms with E-state index in [0.29, 0.717) is 16.8 Å². The van der Waals surface area contributed by atoms with Crippen LogP contribution in [0.5, 0.6) is 0 Å². The van der Waals surface area contributed by atoms with E-state index < -0.39 is 18.0 Å². The number of hydrogen-bond donors (Lipinski definition) is 1. The van der Waals surface area contributed by atoms with Crippen molar-refractivity contribution in [3.8, 4) is 0 Å². The van der Waals surface area contributed by atoms with Gasteiger partial charge in [0.15, 0.2) is 0 Å². The average molecular weight is 270 g/mol. The van der Waals surface area contributed by atoms with Gasteiger partial charge in [-0.2, -0.15) is 0 Å². The Morgan fingerprint density at radius 1 is 1.10 bits per heavy atom. The van der Waals surface area contributed by atoms with Gasteiger partial charge in [-0.25, -0.2) is 4.79 Å². The molecule has 1 amide bonds. The zero-order chi connectivity index (χ0) is 14.5. The number of aromatic nitrogens is 1. The van der Waals surface area contributed by atoms with Crippen molar-refractivity contribution in [2.75, 3.05) is 0 Å². The number of nitrogens with zero attached hydrogens (tertiary/aromatic N) is 1. The highest BCUT2D eigenvalue weighted by molar-refractivity contribution is 5.95. The molecule has 0 saturated heterocycles. The zero-order valence-electron chi connectivity index (χ0n) is 10.9. The van der Waals surface area contributed by atoms with Crippen molar-refractivity contribution < 1.29 is 14.3 Å². The number of ether oxygens (including phenoxy) is 1. The number of benzene rings is 1. The second kappa shape index (κ2) is 5.97. The zero-order valence-corrected chi connectivity index (χ0v) is 10.9. The van der Waals surface area contributed by atoms with Crippen LogP contribution in [0.2, 0.25) is 0 Å². The Balaban J connectivity index is 2.06. The van der Waals surface area contributed by atoms with Crippen LogP contribution in [-0.4, -0.2) is 16.9 Å². The van der Waals surface area contributed by atoms with Crippen molar-refractivity contribution in [3.05, 3.63) is 65.5 Å². The summed E-state index contributed by atoms with van der Waals surface area (Å²) in [7, 11) is 0. The van der Waals surface area contributed by atoms with E-state index in [1.165, 1.54) is 24.3 Å². The summed E-state index contributed by atoms with van der Waals surface area (Å²) >= 11 is 0. The summed E-state index contributed by atoms with van der Waals surface area (Å²) in [4.78, 5) is 27.0. The number of rotatable bonds is 4. The minimum Gasteiger partial charge on any atom is -0.453 e. The third-order valence-corrected chi connectivity index (χ3v) is 2.79. The lowest BCUT2D eigenvalue weighted by atomic mass is 10.1. The van der Waals surface area contributed by atoms with E-state index in [9.17, 15) is 9.59 Å². The standard InChI is InChI=1S/C15H14N2O3/c1-10(13-4-2-3-9-17-13)20-15(19)12-7-5-11(6-8-12)14(16)18/h2-10H,1H3,(H2,16,18)/t10-/m1/s1. The number of esters is 1. The number of amides is 1. The molecule has 2 rings (SSSR count). The smallest absolute Gasteiger partial charge is 0.338 e. The van der Waals surface area contributed by atoms with Gasteiger partial charge in [-0.1, -0.05) is 6.07 Å². The molecule has 1 atom stereocenters. The number of hydrogen-bond acceptors (Lipinski definition) is 4. The molecule has 5 nitrogen and oxygen atoms in total. The first kappa shape index (κ1) is 13.7. The first-order valence-corrected chi connectivity index (χ1v) is 6.09. The molecule has 1 aromatic heterocycles. The molecule has 0 radical (unpaired) electrons. The van der Waals surface area contributed by atoms with E-state index in [2.05, 4.69) is 4.98 Å². The number of nitrogens with two attached hydrogens (primary N) is 1. The van der Waals surface area contributed by atoms with E-state index in [4.69, 9.17) is 10.5 Å². The minimum atomic E-state index is -0.535. The van der Waals surface area contributed by atoms with Gasteiger partial charge in [0.05, 0.1) is 11.3 Å². The number of primary amides is 1. The van der Waals surface area contributed by atoms with Crippen LogP contribution in [0.3, 0.4) is 0 Å². The van der Waals surface area contributed by atoms with Gasteiger partial charge < -0.3 is 10.5 Å². The molecule has 0 saturated carbocycles. The van der Waals surface area contributed by atoms with E-state index in [1.54, 1.807) is 25.3 Å². The maximum Gasteiger partial charge on any atom is 0.338 e. The number of carbonyl (C=O) groups excluding carboxylic acids is 2. The molecule has 0 unspecified atom stereocenters. The molecule has 20 heavy (non-hydrogen) atoms. The van der Waals surface area contributed by atoms with Gasteiger partial charge in [0.1, 0.15) is 6.10 Å². The summed E-state index contributed by atoms with van der Waals surface area (Å²) < 4.78 is 5.31. The van der Waals surface area contributed by atoms with Crippen molar-refractivity contribution in [1.29, 1.82) is 0 Å². The fourth-order valence-corrected chi connectivity index (χ4v) is 1.68. The van der Waals surface area contributed by atoms with Gasteiger partial charge in [-0.15, -0.1) is 0 Å². The van der Waals surface area contributed by atoms with Crippen LogP contribution >= 0.6 is 0 Å². The van der Waals surface area contributed by atoms with E-state index >= 15 is 0 Å². The molecule has 0 spiro atoms. The maximum absolute atomic E-state index is 11.9. The monoisotopic (exact) mass is 270 g/mol. The molecular formula is C15H14N2O3. The van der Waals surface area contributed by atoms with Crippen molar-refractivity contribution in [2.45, 2.75) is 13.0 Å². The summed E-state index contributed by atoms with van der Waals surface area (Å²) in [6.45, 7) is 1.75. The second-order valence-electron chi connectivity index (χ2n) is 4.24. The Hall–Kier alpha value is -2.69. The third-order valence-electron chi connectivity index (χ3n) is 2.79. The summed E-state index contributed by atoms with van der Waals surface area (Å²) in [6.07, 6.45) is 1.20. The Morgan fingerprint density at radius 2 is 1.75 bits per heavy atom. The first-order valence-electron chi connectivity index (χ1n) is 6.09. The lowest BCUT2D eigenvalue weighted by molar-refractivity contribution is 0.0329. The lowest BCUT2D eigenvalue weighted by Crippen LogP contribution is -2.13.